The van der Waals surface area contributed by atoms with E-state index in [1.807, 2.05) is 22.6 Å². The minimum absolute atomic E-state index is 0.00219. The molecule has 0 bridgehead atoms. The van der Waals surface area contributed by atoms with Gasteiger partial charge in [-0.25, -0.2) is 0 Å². The molecule has 1 atom stereocenters. The van der Waals surface area contributed by atoms with E-state index in [0.29, 0.717) is 6.42 Å². The molecule has 0 unspecified atom stereocenters. The zero-order valence-corrected chi connectivity index (χ0v) is 8.57. The summed E-state index contributed by atoms with van der Waals surface area (Å²) in [6, 6.07) is 0. The van der Waals surface area contributed by atoms with Crippen molar-refractivity contribution in [2.24, 2.45) is 0 Å². The minimum atomic E-state index is -0.796. The van der Waals surface area contributed by atoms with E-state index < -0.39 is 3.79 Å². The van der Waals surface area contributed by atoms with Gasteiger partial charge in [0.25, 0.3) is 0 Å². The molecule has 0 radical (unpaired) electrons. The Bertz CT molecular complexity index is 101. The largest absolute Gasteiger partial charge is 0.396 e. The number of aliphatic hydroxyl groups excluding tert-OH is 2. The van der Waals surface area contributed by atoms with Crippen molar-refractivity contribution in [2.45, 2.75) is 10.2 Å². The second-order valence-corrected chi connectivity index (χ2v) is 3.55. The zero-order valence-electron chi connectivity index (χ0n) is 6.42. The van der Waals surface area contributed by atoms with Crippen LogP contribution in [0.2, 0.25) is 0 Å². The Morgan fingerprint density at radius 3 is 2.36 bits per heavy atom. The smallest absolute Gasteiger partial charge is 0.223 e. The monoisotopic (exact) mass is 276 g/mol. The van der Waals surface area contributed by atoms with Gasteiger partial charge in [0, 0.05) is 20.1 Å². The third kappa shape index (κ3) is 4.91. The fourth-order valence-corrected chi connectivity index (χ4v) is 1.03. The first-order valence-electron chi connectivity index (χ1n) is 3.28. The van der Waals surface area contributed by atoms with Crippen molar-refractivity contribution < 1.29 is 19.7 Å². The highest BCUT2D eigenvalue weighted by Gasteiger charge is 2.25. The molecule has 68 valence electrons. The Morgan fingerprint density at radius 1 is 1.36 bits per heavy atom. The molecule has 0 fully saturated rings. The molecule has 0 aromatic heterocycles. The topological polar surface area (TPSA) is 58.9 Å². The molecule has 0 rings (SSSR count). The summed E-state index contributed by atoms with van der Waals surface area (Å²) in [7, 11) is 1.50. The van der Waals surface area contributed by atoms with Crippen LogP contribution >= 0.6 is 22.6 Å². The molecule has 0 aromatic carbocycles. The van der Waals surface area contributed by atoms with E-state index in [2.05, 4.69) is 0 Å². The number of ether oxygens (including phenoxy) is 2. The number of aliphatic hydroxyl groups is 2. The van der Waals surface area contributed by atoms with E-state index in [1.165, 1.54) is 7.11 Å². The Balaban J connectivity index is 3.68. The van der Waals surface area contributed by atoms with Crippen molar-refractivity contribution in [1.82, 2.24) is 0 Å². The van der Waals surface area contributed by atoms with Gasteiger partial charge in [0.05, 0.1) is 13.2 Å². The average Bonchev–Trinajstić information content (AvgIpc) is 2.02. The lowest BCUT2D eigenvalue weighted by Gasteiger charge is -2.24. The molecule has 0 heterocycles. The van der Waals surface area contributed by atoms with E-state index in [1.54, 1.807) is 0 Å². The van der Waals surface area contributed by atoms with Gasteiger partial charge in [-0.05, 0) is 22.6 Å². The minimum Gasteiger partial charge on any atom is -0.396 e. The second-order valence-electron chi connectivity index (χ2n) is 1.91. The molecule has 0 spiro atoms. The normalized spacial score (nSPS) is 16.4. The van der Waals surface area contributed by atoms with Crippen molar-refractivity contribution in [3.8, 4) is 0 Å². The van der Waals surface area contributed by atoms with Crippen LogP contribution in [-0.2, 0) is 9.47 Å². The van der Waals surface area contributed by atoms with Crippen LogP contribution in [-0.4, -0.2) is 40.9 Å². The SMILES string of the molecule is CO[C@@](I)(CCO)OCCO. The Hall–Kier alpha value is 0.570. The maximum atomic E-state index is 8.61. The van der Waals surface area contributed by atoms with Crippen LogP contribution in [0.5, 0.6) is 0 Å². The summed E-state index contributed by atoms with van der Waals surface area (Å²) in [6.45, 7) is 0.179. The number of hydrogen-bond donors (Lipinski definition) is 2. The first-order chi connectivity index (χ1) is 5.18. The van der Waals surface area contributed by atoms with Crippen molar-refractivity contribution in [2.75, 3.05) is 26.9 Å². The Morgan fingerprint density at radius 2 is 2.00 bits per heavy atom. The quantitative estimate of drug-likeness (QED) is 0.411. The standard InChI is InChI=1S/C6H13IO4/c1-10-6(7,2-3-8)11-5-4-9/h8-9H,2-5H2,1H3/t6-/m0/s1. The number of methoxy groups -OCH3 is 1. The van der Waals surface area contributed by atoms with Crippen LogP contribution in [0.4, 0.5) is 0 Å². The molecule has 5 heteroatoms. The van der Waals surface area contributed by atoms with Gasteiger partial charge in [0.15, 0.2) is 0 Å². The molecule has 0 aromatic rings. The summed E-state index contributed by atoms with van der Waals surface area (Å²) in [6.07, 6.45) is 0.393. The molecule has 0 aliphatic rings. The summed E-state index contributed by atoms with van der Waals surface area (Å²) in [5.41, 5.74) is 0. The number of hydrogen-bond acceptors (Lipinski definition) is 4. The zero-order chi connectivity index (χ0) is 8.74. The van der Waals surface area contributed by atoms with E-state index >= 15 is 0 Å². The highest BCUT2D eigenvalue weighted by molar-refractivity contribution is 14.1. The van der Waals surface area contributed by atoms with Gasteiger partial charge in [-0.1, -0.05) is 0 Å². The van der Waals surface area contributed by atoms with Crippen molar-refractivity contribution in [3.63, 3.8) is 0 Å². The second kappa shape index (κ2) is 6.13. The van der Waals surface area contributed by atoms with Gasteiger partial charge in [-0.15, -0.1) is 0 Å². The van der Waals surface area contributed by atoms with Crippen LogP contribution in [0.3, 0.4) is 0 Å². The van der Waals surface area contributed by atoms with Gasteiger partial charge in [0.1, 0.15) is 0 Å². The van der Waals surface area contributed by atoms with E-state index in [0.717, 1.165) is 0 Å². The third-order valence-corrected chi connectivity index (χ3v) is 2.42. The molecule has 4 nitrogen and oxygen atoms in total. The van der Waals surface area contributed by atoms with Crippen molar-refractivity contribution in [1.29, 1.82) is 0 Å². The predicted molar refractivity (Wildman–Crippen MR) is 48.5 cm³/mol. The van der Waals surface area contributed by atoms with Crippen LogP contribution in [0.15, 0.2) is 0 Å². The van der Waals surface area contributed by atoms with E-state index in [4.69, 9.17) is 19.7 Å². The molecule has 2 N–H and O–H groups in total. The fourth-order valence-electron chi connectivity index (χ4n) is 0.565. The predicted octanol–water partition coefficient (Wildman–Crippen LogP) is 0.113. The van der Waals surface area contributed by atoms with Crippen molar-refractivity contribution >= 4 is 22.6 Å². The summed E-state index contributed by atoms with van der Waals surface area (Å²) in [4.78, 5) is 0. The van der Waals surface area contributed by atoms with Gasteiger partial charge in [0.2, 0.25) is 3.79 Å². The fraction of sp³-hybridized carbons (Fsp3) is 1.00. The van der Waals surface area contributed by atoms with Crippen LogP contribution in [0.25, 0.3) is 0 Å². The molecular formula is C6H13IO4. The van der Waals surface area contributed by atoms with Crippen LogP contribution in [0.1, 0.15) is 6.42 Å². The van der Waals surface area contributed by atoms with E-state index in [9.17, 15) is 0 Å². The number of alkyl halides is 1. The van der Waals surface area contributed by atoms with Gasteiger partial charge in [-0.3, -0.25) is 0 Å². The van der Waals surface area contributed by atoms with Gasteiger partial charge < -0.3 is 19.7 Å². The highest BCUT2D eigenvalue weighted by Crippen LogP contribution is 2.24. The maximum Gasteiger partial charge on any atom is 0.223 e. The molecule has 0 saturated heterocycles. The average molecular weight is 276 g/mol. The van der Waals surface area contributed by atoms with Crippen molar-refractivity contribution in [3.05, 3.63) is 0 Å². The van der Waals surface area contributed by atoms with Gasteiger partial charge in [-0.2, -0.15) is 0 Å². The lowest BCUT2D eigenvalue weighted by atomic mass is 10.4. The van der Waals surface area contributed by atoms with Crippen LogP contribution < -0.4 is 0 Å². The van der Waals surface area contributed by atoms with Crippen LogP contribution in [0, 0.1) is 0 Å². The molecular weight excluding hydrogens is 263 g/mol. The first kappa shape index (κ1) is 11.6. The molecule has 0 aliphatic heterocycles. The molecule has 0 aliphatic carbocycles. The van der Waals surface area contributed by atoms with Gasteiger partial charge >= 0.3 is 0 Å². The number of rotatable bonds is 6. The number of halogens is 1. The maximum absolute atomic E-state index is 8.61. The first-order valence-corrected chi connectivity index (χ1v) is 4.36. The summed E-state index contributed by atoms with van der Waals surface area (Å²) < 4.78 is 9.30. The highest BCUT2D eigenvalue weighted by atomic mass is 127. The lowest BCUT2D eigenvalue weighted by molar-refractivity contribution is -0.152. The molecule has 0 saturated carbocycles. The third-order valence-electron chi connectivity index (χ3n) is 1.12. The molecule has 11 heavy (non-hydrogen) atoms. The summed E-state index contributed by atoms with van der Waals surface area (Å²) >= 11 is 1.95. The molecule has 0 amide bonds. The Kier molecular flexibility index (Phi) is 6.44. The Labute approximate surface area is 79.6 Å². The lowest BCUT2D eigenvalue weighted by Crippen LogP contribution is -2.29. The summed E-state index contributed by atoms with van der Waals surface area (Å²) in [5.74, 6) is 0. The van der Waals surface area contributed by atoms with E-state index in [-0.39, 0.29) is 19.8 Å². The summed E-state index contributed by atoms with van der Waals surface area (Å²) in [5, 5.41) is 17.1.